The molecule has 0 aliphatic rings. The van der Waals surface area contributed by atoms with Gasteiger partial charge in [-0.2, -0.15) is 0 Å². The van der Waals surface area contributed by atoms with Crippen LogP contribution in [0.5, 0.6) is 0 Å². The molecule has 0 heterocycles. The lowest BCUT2D eigenvalue weighted by atomic mass is 10.2. The van der Waals surface area contributed by atoms with Gasteiger partial charge in [0.15, 0.2) is 0 Å². The highest BCUT2D eigenvalue weighted by Gasteiger charge is 2.12. The molecule has 1 aromatic rings. The monoisotopic (exact) mass is 258 g/mol. The molecular weight excluding hydrogens is 247 g/mol. The third kappa shape index (κ3) is 4.03. The fourth-order valence-corrected chi connectivity index (χ4v) is 1.19. The molecule has 1 aromatic carbocycles. The minimum absolute atomic E-state index is 0.0197. The van der Waals surface area contributed by atoms with Crippen LogP contribution in [-0.2, 0) is 9.59 Å². The van der Waals surface area contributed by atoms with Gasteiger partial charge in [0.2, 0.25) is 11.8 Å². The van der Waals surface area contributed by atoms with Crippen molar-refractivity contribution >= 4 is 34.8 Å². The van der Waals surface area contributed by atoms with E-state index in [0.29, 0.717) is 5.69 Å². The molecule has 0 radical (unpaired) electrons. The van der Waals surface area contributed by atoms with Crippen LogP contribution in [0.1, 0.15) is 13.8 Å². The molecule has 2 N–H and O–H groups in total. The van der Waals surface area contributed by atoms with Crippen molar-refractivity contribution < 1.29 is 14.0 Å². The van der Waals surface area contributed by atoms with Crippen LogP contribution in [0.15, 0.2) is 18.2 Å². The first kappa shape index (κ1) is 13.4. The van der Waals surface area contributed by atoms with E-state index in [-0.39, 0.29) is 11.6 Å². The van der Waals surface area contributed by atoms with Crippen LogP contribution in [0.2, 0.25) is 0 Å². The lowest BCUT2D eigenvalue weighted by molar-refractivity contribution is -0.116. The average molecular weight is 259 g/mol. The topological polar surface area (TPSA) is 58.2 Å². The zero-order valence-corrected chi connectivity index (χ0v) is 10.1. The normalized spacial score (nSPS) is 11.8. The molecule has 92 valence electrons. The SMILES string of the molecule is CC(=O)Nc1ccc(F)c(NC(=O)C(C)Cl)c1. The Kier molecular flexibility index (Phi) is 4.45. The second-order valence-corrected chi connectivity index (χ2v) is 4.14. The number of carbonyl (C=O) groups is 2. The molecule has 17 heavy (non-hydrogen) atoms. The van der Waals surface area contributed by atoms with Gasteiger partial charge in [-0.1, -0.05) is 0 Å². The van der Waals surface area contributed by atoms with E-state index in [4.69, 9.17) is 11.6 Å². The third-order valence-corrected chi connectivity index (χ3v) is 2.10. The number of halogens is 2. The Morgan fingerprint density at radius 3 is 2.53 bits per heavy atom. The summed E-state index contributed by atoms with van der Waals surface area (Å²) in [7, 11) is 0. The Bertz CT molecular complexity index is 449. The molecule has 1 atom stereocenters. The Morgan fingerprint density at radius 1 is 1.35 bits per heavy atom. The minimum atomic E-state index is -0.765. The maximum Gasteiger partial charge on any atom is 0.242 e. The Morgan fingerprint density at radius 2 is 2.00 bits per heavy atom. The summed E-state index contributed by atoms with van der Waals surface area (Å²) in [6.45, 7) is 2.81. The molecule has 0 aliphatic heterocycles. The van der Waals surface area contributed by atoms with Gasteiger partial charge in [0.05, 0.1) is 5.69 Å². The quantitative estimate of drug-likeness (QED) is 0.818. The first-order chi connectivity index (χ1) is 7.90. The highest BCUT2D eigenvalue weighted by molar-refractivity contribution is 6.32. The summed E-state index contributed by atoms with van der Waals surface area (Å²) in [5.74, 6) is -1.38. The predicted octanol–water partition coefficient (Wildman–Crippen LogP) is 2.35. The number of carbonyl (C=O) groups excluding carboxylic acids is 2. The van der Waals surface area contributed by atoms with Crippen molar-refractivity contribution in [3.8, 4) is 0 Å². The van der Waals surface area contributed by atoms with Crippen molar-refractivity contribution in [3.05, 3.63) is 24.0 Å². The van der Waals surface area contributed by atoms with Crippen LogP contribution in [0, 0.1) is 5.82 Å². The maximum atomic E-state index is 13.4. The number of amides is 2. The summed E-state index contributed by atoms with van der Waals surface area (Å²) in [6.07, 6.45) is 0. The first-order valence-corrected chi connectivity index (χ1v) is 5.36. The van der Waals surface area contributed by atoms with Gasteiger partial charge in [-0.3, -0.25) is 9.59 Å². The van der Waals surface area contributed by atoms with Crippen LogP contribution in [-0.4, -0.2) is 17.2 Å². The van der Waals surface area contributed by atoms with Crippen LogP contribution >= 0.6 is 11.6 Å². The van der Waals surface area contributed by atoms with Gasteiger partial charge in [0, 0.05) is 12.6 Å². The van der Waals surface area contributed by atoms with E-state index in [0.717, 1.165) is 6.07 Å². The molecular formula is C11H12ClFN2O2. The Labute approximate surface area is 103 Å². The van der Waals surface area contributed by atoms with E-state index in [1.807, 2.05) is 0 Å². The van der Waals surface area contributed by atoms with Crippen LogP contribution < -0.4 is 10.6 Å². The van der Waals surface area contributed by atoms with Crippen molar-refractivity contribution in [1.82, 2.24) is 0 Å². The van der Waals surface area contributed by atoms with Gasteiger partial charge in [-0.25, -0.2) is 4.39 Å². The van der Waals surface area contributed by atoms with Gasteiger partial charge >= 0.3 is 0 Å². The molecule has 0 bridgehead atoms. The standard InChI is InChI=1S/C11H12ClFN2O2/c1-6(12)11(17)15-10-5-8(14-7(2)16)3-4-9(10)13/h3-6H,1-2H3,(H,14,16)(H,15,17). The summed E-state index contributed by atoms with van der Waals surface area (Å²) in [5, 5.41) is 4.05. The maximum absolute atomic E-state index is 13.4. The van der Waals surface area contributed by atoms with Crippen LogP contribution in [0.3, 0.4) is 0 Å². The van der Waals surface area contributed by atoms with Crippen molar-refractivity contribution in [2.45, 2.75) is 19.2 Å². The lowest BCUT2D eigenvalue weighted by Gasteiger charge is -2.09. The second kappa shape index (κ2) is 5.63. The number of hydrogen-bond acceptors (Lipinski definition) is 2. The molecule has 0 aromatic heterocycles. The number of hydrogen-bond donors (Lipinski definition) is 2. The van der Waals surface area contributed by atoms with Gasteiger partial charge in [0.1, 0.15) is 11.2 Å². The molecule has 1 rings (SSSR count). The summed E-state index contributed by atoms with van der Waals surface area (Å²) in [4.78, 5) is 22.1. The van der Waals surface area contributed by atoms with Crippen molar-refractivity contribution in [2.75, 3.05) is 10.6 Å². The van der Waals surface area contributed by atoms with Crippen LogP contribution in [0.25, 0.3) is 0 Å². The summed E-state index contributed by atoms with van der Waals surface area (Å²) in [6, 6.07) is 3.88. The van der Waals surface area contributed by atoms with Gasteiger partial charge in [-0.15, -0.1) is 11.6 Å². The highest BCUT2D eigenvalue weighted by Crippen LogP contribution is 2.20. The zero-order valence-electron chi connectivity index (χ0n) is 9.38. The smallest absolute Gasteiger partial charge is 0.242 e. The van der Waals surface area contributed by atoms with Gasteiger partial charge in [-0.05, 0) is 25.1 Å². The van der Waals surface area contributed by atoms with Crippen LogP contribution in [0.4, 0.5) is 15.8 Å². The number of nitrogens with one attached hydrogen (secondary N) is 2. The zero-order chi connectivity index (χ0) is 13.0. The summed E-state index contributed by atoms with van der Waals surface area (Å²) >= 11 is 5.55. The Balaban J connectivity index is 2.90. The molecule has 4 nitrogen and oxygen atoms in total. The van der Waals surface area contributed by atoms with Gasteiger partial charge in [0.25, 0.3) is 0 Å². The molecule has 0 saturated heterocycles. The van der Waals surface area contributed by atoms with Crippen molar-refractivity contribution in [1.29, 1.82) is 0 Å². The molecule has 2 amide bonds. The summed E-state index contributed by atoms with van der Waals surface area (Å²) < 4.78 is 13.4. The van der Waals surface area contributed by atoms with Crippen molar-refractivity contribution in [3.63, 3.8) is 0 Å². The number of rotatable bonds is 3. The lowest BCUT2D eigenvalue weighted by Crippen LogP contribution is -2.21. The van der Waals surface area contributed by atoms with E-state index < -0.39 is 17.1 Å². The minimum Gasteiger partial charge on any atom is -0.326 e. The van der Waals surface area contributed by atoms with E-state index >= 15 is 0 Å². The van der Waals surface area contributed by atoms with E-state index in [2.05, 4.69) is 10.6 Å². The largest absolute Gasteiger partial charge is 0.326 e. The highest BCUT2D eigenvalue weighted by atomic mass is 35.5. The second-order valence-electron chi connectivity index (χ2n) is 3.48. The molecule has 1 unspecified atom stereocenters. The number of alkyl halides is 1. The van der Waals surface area contributed by atoms with Gasteiger partial charge < -0.3 is 10.6 Å². The van der Waals surface area contributed by atoms with E-state index in [1.54, 1.807) is 0 Å². The summed E-state index contributed by atoms with van der Waals surface area (Å²) in [5.41, 5.74) is 0.380. The Hall–Kier alpha value is -1.62. The van der Waals surface area contributed by atoms with E-state index in [9.17, 15) is 14.0 Å². The van der Waals surface area contributed by atoms with Crippen molar-refractivity contribution in [2.24, 2.45) is 0 Å². The molecule has 6 heteroatoms. The predicted molar refractivity (Wildman–Crippen MR) is 64.6 cm³/mol. The molecule has 0 saturated carbocycles. The molecule has 0 fully saturated rings. The molecule has 0 aliphatic carbocycles. The number of anilines is 2. The number of benzene rings is 1. The first-order valence-electron chi connectivity index (χ1n) is 4.92. The third-order valence-electron chi connectivity index (χ3n) is 1.91. The average Bonchev–Trinajstić information content (AvgIpc) is 2.22. The fraction of sp³-hybridized carbons (Fsp3) is 0.273. The van der Waals surface area contributed by atoms with E-state index in [1.165, 1.54) is 26.0 Å². The fourth-order valence-electron chi connectivity index (χ4n) is 1.13. The molecule has 0 spiro atoms.